The summed E-state index contributed by atoms with van der Waals surface area (Å²) in [5.41, 5.74) is 1.26. The smallest absolute Gasteiger partial charge is 0.255 e. The molecule has 6 heteroatoms. The number of nitrogens with one attached hydrogen (secondary N) is 1. The Morgan fingerprint density at radius 1 is 1.14 bits per heavy atom. The molecular weight excluding hydrogens is 366 g/mol. The van der Waals surface area contributed by atoms with E-state index in [4.69, 9.17) is 4.74 Å². The zero-order valence-electron chi connectivity index (χ0n) is 17.0. The van der Waals surface area contributed by atoms with Crippen LogP contribution in [0.5, 0.6) is 5.75 Å². The van der Waals surface area contributed by atoms with Crippen LogP contribution in [0.1, 0.15) is 53.3 Å². The molecule has 2 aromatic rings. The van der Waals surface area contributed by atoms with Crippen molar-refractivity contribution in [3.63, 3.8) is 0 Å². The first-order valence-electron chi connectivity index (χ1n) is 10.4. The number of aromatic nitrogens is 1. The fraction of sp³-hybridized carbons (Fsp3) is 0.435. The van der Waals surface area contributed by atoms with Crippen molar-refractivity contribution < 1.29 is 14.3 Å². The number of unbranched alkanes of at least 4 members (excludes halogenated alkanes) is 1. The summed E-state index contributed by atoms with van der Waals surface area (Å²) in [6, 6.07) is 10.8. The number of ether oxygens (including phenoxy) is 1. The number of rotatable bonds is 8. The molecule has 0 bridgehead atoms. The zero-order valence-corrected chi connectivity index (χ0v) is 17.0. The molecule has 154 valence electrons. The first-order chi connectivity index (χ1) is 14.2. The van der Waals surface area contributed by atoms with Crippen molar-refractivity contribution in [3.8, 4) is 5.75 Å². The molecule has 2 heterocycles. The maximum absolute atomic E-state index is 12.5. The summed E-state index contributed by atoms with van der Waals surface area (Å²) in [5.74, 6) is 1.13. The van der Waals surface area contributed by atoms with E-state index in [2.05, 4.69) is 17.2 Å². The van der Waals surface area contributed by atoms with Gasteiger partial charge in [-0.2, -0.15) is 0 Å². The van der Waals surface area contributed by atoms with Gasteiger partial charge in [-0.1, -0.05) is 13.3 Å². The molecule has 1 aromatic heterocycles. The van der Waals surface area contributed by atoms with Gasteiger partial charge in [0.05, 0.1) is 12.2 Å². The average molecular weight is 396 g/mol. The number of hydrogen-bond acceptors (Lipinski definition) is 4. The SMILES string of the molecule is CCCCOc1ccc(C(=O)NCC2CCN(C(=O)c3cccnc3)CC2)cc1. The predicted molar refractivity (Wildman–Crippen MR) is 112 cm³/mol. The van der Waals surface area contributed by atoms with E-state index in [1.54, 1.807) is 36.7 Å². The van der Waals surface area contributed by atoms with E-state index < -0.39 is 0 Å². The molecular formula is C23H29N3O3. The number of nitrogens with zero attached hydrogens (tertiary/aromatic N) is 2. The molecule has 0 unspecified atom stereocenters. The van der Waals surface area contributed by atoms with E-state index in [9.17, 15) is 9.59 Å². The van der Waals surface area contributed by atoms with E-state index in [0.29, 0.717) is 43.3 Å². The third-order valence-corrected chi connectivity index (χ3v) is 5.24. The van der Waals surface area contributed by atoms with Crippen molar-refractivity contribution in [2.24, 2.45) is 5.92 Å². The molecule has 1 saturated heterocycles. The Morgan fingerprint density at radius 3 is 2.55 bits per heavy atom. The number of pyridine rings is 1. The normalized spacial score (nSPS) is 14.4. The zero-order chi connectivity index (χ0) is 20.5. The Kier molecular flexibility index (Phi) is 7.61. The van der Waals surface area contributed by atoms with Gasteiger partial charge in [0.25, 0.3) is 11.8 Å². The highest BCUT2D eigenvalue weighted by Crippen LogP contribution is 2.19. The van der Waals surface area contributed by atoms with E-state index in [1.165, 1.54) is 0 Å². The van der Waals surface area contributed by atoms with Crippen LogP contribution in [0.2, 0.25) is 0 Å². The molecule has 0 radical (unpaired) electrons. The third kappa shape index (κ3) is 6.04. The van der Waals surface area contributed by atoms with Gasteiger partial charge in [0.15, 0.2) is 0 Å². The summed E-state index contributed by atoms with van der Waals surface area (Å²) < 4.78 is 5.63. The second-order valence-corrected chi connectivity index (χ2v) is 7.41. The molecule has 3 rings (SSSR count). The van der Waals surface area contributed by atoms with Gasteiger partial charge in [0.1, 0.15) is 5.75 Å². The van der Waals surface area contributed by atoms with E-state index in [1.807, 2.05) is 17.0 Å². The summed E-state index contributed by atoms with van der Waals surface area (Å²) in [7, 11) is 0. The molecule has 0 spiro atoms. The van der Waals surface area contributed by atoms with Crippen LogP contribution >= 0.6 is 0 Å². The fourth-order valence-electron chi connectivity index (χ4n) is 3.39. The monoisotopic (exact) mass is 395 g/mol. The van der Waals surface area contributed by atoms with Crippen LogP contribution in [-0.4, -0.2) is 47.9 Å². The third-order valence-electron chi connectivity index (χ3n) is 5.24. The molecule has 0 saturated carbocycles. The number of piperidine rings is 1. The van der Waals surface area contributed by atoms with Gasteiger partial charge in [0, 0.05) is 37.6 Å². The first kappa shape index (κ1) is 20.8. The van der Waals surface area contributed by atoms with Crippen LogP contribution in [0.25, 0.3) is 0 Å². The van der Waals surface area contributed by atoms with Crippen LogP contribution in [-0.2, 0) is 0 Å². The molecule has 0 atom stereocenters. The number of benzene rings is 1. The summed E-state index contributed by atoms with van der Waals surface area (Å²) in [5, 5.41) is 3.02. The lowest BCUT2D eigenvalue weighted by Crippen LogP contribution is -2.41. The Hall–Kier alpha value is -2.89. The minimum atomic E-state index is -0.0704. The van der Waals surface area contributed by atoms with Crippen molar-refractivity contribution in [2.75, 3.05) is 26.2 Å². The fourth-order valence-corrected chi connectivity index (χ4v) is 3.39. The molecule has 1 aliphatic rings. The molecule has 0 aliphatic carbocycles. The van der Waals surface area contributed by atoms with Gasteiger partial charge in [0.2, 0.25) is 0 Å². The van der Waals surface area contributed by atoms with Crippen molar-refractivity contribution in [3.05, 3.63) is 59.9 Å². The average Bonchev–Trinajstić information content (AvgIpc) is 2.78. The lowest BCUT2D eigenvalue weighted by atomic mass is 9.96. The topological polar surface area (TPSA) is 71.5 Å². The number of carbonyl (C=O) groups excluding carboxylic acids is 2. The largest absolute Gasteiger partial charge is 0.494 e. The quantitative estimate of drug-likeness (QED) is 0.694. The van der Waals surface area contributed by atoms with Gasteiger partial charge in [-0.05, 0) is 61.6 Å². The van der Waals surface area contributed by atoms with Crippen LogP contribution in [0.15, 0.2) is 48.8 Å². The molecule has 2 amide bonds. The van der Waals surface area contributed by atoms with Gasteiger partial charge < -0.3 is 15.0 Å². The standard InChI is InChI=1S/C23H29N3O3/c1-2-3-15-29-21-8-6-19(7-9-21)22(27)25-16-18-10-13-26(14-11-18)23(28)20-5-4-12-24-17-20/h4-9,12,17-18H,2-3,10-11,13-16H2,1H3,(H,25,27). The highest BCUT2D eigenvalue weighted by atomic mass is 16.5. The van der Waals surface area contributed by atoms with Crippen molar-refractivity contribution >= 4 is 11.8 Å². The first-order valence-corrected chi connectivity index (χ1v) is 10.4. The Bertz CT molecular complexity index is 785. The maximum Gasteiger partial charge on any atom is 0.255 e. The summed E-state index contributed by atoms with van der Waals surface area (Å²) in [6.45, 7) is 4.86. The van der Waals surface area contributed by atoms with Crippen LogP contribution < -0.4 is 10.1 Å². The second-order valence-electron chi connectivity index (χ2n) is 7.41. The molecule has 1 fully saturated rings. The second kappa shape index (κ2) is 10.6. The van der Waals surface area contributed by atoms with Gasteiger partial charge >= 0.3 is 0 Å². The number of likely N-dealkylation sites (tertiary alicyclic amines) is 1. The number of amides is 2. The highest BCUT2D eigenvalue weighted by molar-refractivity contribution is 5.94. The van der Waals surface area contributed by atoms with E-state index in [-0.39, 0.29) is 11.8 Å². The maximum atomic E-state index is 12.5. The summed E-state index contributed by atoms with van der Waals surface area (Å²) in [4.78, 5) is 30.7. The van der Waals surface area contributed by atoms with Gasteiger partial charge in [-0.25, -0.2) is 0 Å². The molecule has 29 heavy (non-hydrogen) atoms. The highest BCUT2D eigenvalue weighted by Gasteiger charge is 2.24. The van der Waals surface area contributed by atoms with Crippen LogP contribution in [0.3, 0.4) is 0 Å². The van der Waals surface area contributed by atoms with Crippen LogP contribution in [0.4, 0.5) is 0 Å². The lowest BCUT2D eigenvalue weighted by molar-refractivity contribution is 0.0684. The number of carbonyl (C=O) groups is 2. The Morgan fingerprint density at radius 2 is 1.90 bits per heavy atom. The Balaban J connectivity index is 1.41. The summed E-state index contributed by atoms with van der Waals surface area (Å²) >= 11 is 0. The van der Waals surface area contributed by atoms with Crippen molar-refractivity contribution in [2.45, 2.75) is 32.6 Å². The Labute approximate surface area is 172 Å². The molecule has 1 aliphatic heterocycles. The van der Waals surface area contributed by atoms with Crippen LogP contribution in [0, 0.1) is 5.92 Å². The molecule has 1 N–H and O–H groups in total. The molecule has 1 aromatic carbocycles. The number of hydrogen-bond donors (Lipinski definition) is 1. The minimum absolute atomic E-state index is 0.0295. The minimum Gasteiger partial charge on any atom is -0.494 e. The summed E-state index contributed by atoms with van der Waals surface area (Å²) in [6.07, 6.45) is 7.16. The van der Waals surface area contributed by atoms with Crippen molar-refractivity contribution in [1.82, 2.24) is 15.2 Å². The lowest BCUT2D eigenvalue weighted by Gasteiger charge is -2.32. The van der Waals surface area contributed by atoms with E-state index in [0.717, 1.165) is 31.4 Å². The molecule has 6 nitrogen and oxygen atoms in total. The van der Waals surface area contributed by atoms with Gasteiger partial charge in [-0.15, -0.1) is 0 Å². The van der Waals surface area contributed by atoms with Crippen molar-refractivity contribution in [1.29, 1.82) is 0 Å². The van der Waals surface area contributed by atoms with Gasteiger partial charge in [-0.3, -0.25) is 14.6 Å². The predicted octanol–water partition coefficient (Wildman–Crippen LogP) is 3.54. The van der Waals surface area contributed by atoms with E-state index >= 15 is 0 Å².